The van der Waals surface area contributed by atoms with Gasteiger partial charge >= 0.3 is 0 Å². The zero-order valence-corrected chi connectivity index (χ0v) is 10.9. The first-order valence-electron chi connectivity index (χ1n) is 5.53. The van der Waals surface area contributed by atoms with E-state index >= 15 is 0 Å². The van der Waals surface area contributed by atoms with Crippen molar-refractivity contribution in [1.29, 1.82) is 0 Å². The highest BCUT2D eigenvalue weighted by atomic mass is 35.5. The third-order valence-electron chi connectivity index (χ3n) is 2.53. The number of halogens is 2. The van der Waals surface area contributed by atoms with Crippen LogP contribution in [0.3, 0.4) is 0 Å². The molecule has 0 aromatic carbocycles. The monoisotopic (exact) mass is 279 g/mol. The molecule has 19 heavy (non-hydrogen) atoms. The summed E-state index contributed by atoms with van der Waals surface area (Å²) in [6.07, 6.45) is 4.29. The molecule has 0 aliphatic carbocycles. The van der Waals surface area contributed by atoms with Crippen LogP contribution in [-0.2, 0) is 6.54 Å². The van der Waals surface area contributed by atoms with Gasteiger partial charge < -0.3 is 4.90 Å². The zero-order valence-electron chi connectivity index (χ0n) is 10.2. The fourth-order valence-corrected chi connectivity index (χ4v) is 1.80. The van der Waals surface area contributed by atoms with Gasteiger partial charge in [-0.2, -0.15) is 0 Å². The van der Waals surface area contributed by atoms with Gasteiger partial charge in [0.05, 0.1) is 11.8 Å². The Morgan fingerprint density at radius 3 is 2.95 bits per heavy atom. The molecule has 4 nitrogen and oxygen atoms in total. The summed E-state index contributed by atoms with van der Waals surface area (Å²) in [4.78, 5) is 21.2. The molecule has 6 heteroatoms. The third-order valence-corrected chi connectivity index (χ3v) is 2.83. The van der Waals surface area contributed by atoms with E-state index in [-0.39, 0.29) is 16.6 Å². The number of hydrogen-bond acceptors (Lipinski definition) is 3. The van der Waals surface area contributed by atoms with E-state index in [4.69, 9.17) is 11.6 Å². The molecule has 0 atom stereocenters. The number of hydrogen-bond donors (Lipinski definition) is 0. The van der Waals surface area contributed by atoms with Crippen molar-refractivity contribution >= 4 is 17.5 Å². The Labute approximate surface area is 114 Å². The molecule has 0 bridgehead atoms. The maximum Gasteiger partial charge on any atom is 0.257 e. The summed E-state index contributed by atoms with van der Waals surface area (Å²) in [5, 5.41) is -0.00978. The van der Waals surface area contributed by atoms with Gasteiger partial charge in [-0.25, -0.2) is 9.37 Å². The SMILES string of the molecule is CN(Cc1cccnc1)C(=O)c1cc(F)cnc1Cl. The molecule has 0 aliphatic heterocycles. The van der Waals surface area contributed by atoms with Crippen LogP contribution >= 0.6 is 11.6 Å². The van der Waals surface area contributed by atoms with E-state index in [2.05, 4.69) is 9.97 Å². The summed E-state index contributed by atoms with van der Waals surface area (Å²) in [5.41, 5.74) is 0.923. The smallest absolute Gasteiger partial charge is 0.257 e. The van der Waals surface area contributed by atoms with Gasteiger partial charge in [0.2, 0.25) is 0 Å². The highest BCUT2D eigenvalue weighted by Crippen LogP contribution is 2.16. The van der Waals surface area contributed by atoms with Crippen molar-refractivity contribution in [1.82, 2.24) is 14.9 Å². The van der Waals surface area contributed by atoms with Crippen molar-refractivity contribution in [3.8, 4) is 0 Å². The van der Waals surface area contributed by atoms with Crippen molar-refractivity contribution in [2.45, 2.75) is 6.54 Å². The zero-order chi connectivity index (χ0) is 13.8. The molecule has 1 amide bonds. The molecule has 2 aromatic rings. The van der Waals surface area contributed by atoms with Crippen LogP contribution < -0.4 is 0 Å². The molecule has 0 fully saturated rings. The second-order valence-electron chi connectivity index (χ2n) is 4.01. The Hall–Kier alpha value is -2.01. The summed E-state index contributed by atoms with van der Waals surface area (Å²) >= 11 is 5.80. The van der Waals surface area contributed by atoms with E-state index in [1.807, 2.05) is 6.07 Å². The van der Waals surface area contributed by atoms with Crippen molar-refractivity contribution in [3.63, 3.8) is 0 Å². The lowest BCUT2D eigenvalue weighted by atomic mass is 10.2. The van der Waals surface area contributed by atoms with Crippen LogP contribution in [-0.4, -0.2) is 27.8 Å². The first kappa shape index (κ1) is 13.4. The van der Waals surface area contributed by atoms with Crippen LogP contribution in [0.2, 0.25) is 5.15 Å². The second kappa shape index (κ2) is 5.75. The number of amides is 1. The molecule has 0 saturated heterocycles. The minimum absolute atomic E-state index is 0.00978. The van der Waals surface area contributed by atoms with Crippen LogP contribution in [0.4, 0.5) is 4.39 Å². The largest absolute Gasteiger partial charge is 0.337 e. The van der Waals surface area contributed by atoms with Gasteiger partial charge in [-0.1, -0.05) is 17.7 Å². The molecule has 0 N–H and O–H groups in total. The number of carbonyl (C=O) groups is 1. The quantitative estimate of drug-likeness (QED) is 0.811. The summed E-state index contributed by atoms with van der Waals surface area (Å²) in [5.74, 6) is -0.983. The van der Waals surface area contributed by atoms with Gasteiger partial charge in [-0.15, -0.1) is 0 Å². The van der Waals surface area contributed by atoms with Gasteiger partial charge in [-0.3, -0.25) is 9.78 Å². The van der Waals surface area contributed by atoms with Crippen molar-refractivity contribution in [3.05, 3.63) is 58.9 Å². The Morgan fingerprint density at radius 1 is 1.47 bits per heavy atom. The van der Waals surface area contributed by atoms with Gasteiger partial charge in [0.15, 0.2) is 0 Å². The number of nitrogens with zero attached hydrogens (tertiary/aromatic N) is 3. The predicted octanol–water partition coefficient (Wildman–Crippen LogP) is 2.54. The molecular formula is C13H11ClFN3O. The van der Waals surface area contributed by atoms with E-state index in [0.717, 1.165) is 17.8 Å². The molecule has 0 radical (unpaired) electrons. The summed E-state index contributed by atoms with van der Waals surface area (Å²) in [6, 6.07) is 4.71. The normalized spacial score (nSPS) is 10.3. The second-order valence-corrected chi connectivity index (χ2v) is 4.37. The van der Waals surface area contributed by atoms with E-state index in [0.29, 0.717) is 6.54 Å². The minimum atomic E-state index is -0.595. The molecular weight excluding hydrogens is 269 g/mol. The Kier molecular flexibility index (Phi) is 4.06. The fourth-order valence-electron chi connectivity index (χ4n) is 1.62. The summed E-state index contributed by atoms with van der Waals surface area (Å²) < 4.78 is 13.1. The van der Waals surface area contributed by atoms with Crippen molar-refractivity contribution in [2.75, 3.05) is 7.05 Å². The molecule has 0 aliphatic rings. The maximum absolute atomic E-state index is 13.1. The lowest BCUT2D eigenvalue weighted by Gasteiger charge is -2.17. The van der Waals surface area contributed by atoms with Gasteiger partial charge in [0, 0.05) is 26.0 Å². The van der Waals surface area contributed by atoms with E-state index in [1.165, 1.54) is 4.90 Å². The Balaban J connectivity index is 2.17. The van der Waals surface area contributed by atoms with Crippen LogP contribution in [0.5, 0.6) is 0 Å². The summed E-state index contributed by atoms with van der Waals surface area (Å²) in [7, 11) is 1.61. The average Bonchev–Trinajstić information content (AvgIpc) is 2.42. The Bertz CT molecular complexity index is 592. The third kappa shape index (κ3) is 3.26. The van der Waals surface area contributed by atoms with E-state index in [9.17, 15) is 9.18 Å². The lowest BCUT2D eigenvalue weighted by Crippen LogP contribution is -2.26. The van der Waals surface area contributed by atoms with Crippen molar-refractivity contribution in [2.24, 2.45) is 0 Å². The van der Waals surface area contributed by atoms with Crippen LogP contribution in [0, 0.1) is 5.82 Å². The topological polar surface area (TPSA) is 46.1 Å². The minimum Gasteiger partial charge on any atom is -0.337 e. The first-order chi connectivity index (χ1) is 9.08. The standard InChI is InChI=1S/C13H11ClFN3O/c1-18(8-9-3-2-4-16-6-9)13(19)11-5-10(15)7-17-12(11)14/h2-7H,8H2,1H3. The van der Waals surface area contributed by atoms with Crippen LogP contribution in [0.25, 0.3) is 0 Å². The average molecular weight is 280 g/mol. The van der Waals surface area contributed by atoms with E-state index in [1.54, 1.807) is 25.5 Å². The van der Waals surface area contributed by atoms with Crippen LogP contribution in [0.1, 0.15) is 15.9 Å². The molecule has 98 valence electrons. The number of rotatable bonds is 3. The fraction of sp³-hybridized carbons (Fsp3) is 0.154. The predicted molar refractivity (Wildman–Crippen MR) is 69.2 cm³/mol. The van der Waals surface area contributed by atoms with E-state index < -0.39 is 5.82 Å². The van der Waals surface area contributed by atoms with Gasteiger partial charge in [-0.05, 0) is 17.7 Å². The summed E-state index contributed by atoms with van der Waals surface area (Å²) in [6.45, 7) is 0.361. The molecule has 2 rings (SSSR count). The molecule has 0 spiro atoms. The first-order valence-corrected chi connectivity index (χ1v) is 5.91. The molecule has 2 aromatic heterocycles. The molecule has 0 saturated carbocycles. The number of carbonyl (C=O) groups excluding carboxylic acids is 1. The number of aromatic nitrogens is 2. The van der Waals surface area contributed by atoms with Crippen LogP contribution in [0.15, 0.2) is 36.8 Å². The van der Waals surface area contributed by atoms with Gasteiger partial charge in [0.1, 0.15) is 11.0 Å². The highest BCUT2D eigenvalue weighted by molar-refractivity contribution is 6.32. The maximum atomic E-state index is 13.1. The Morgan fingerprint density at radius 2 is 2.26 bits per heavy atom. The highest BCUT2D eigenvalue weighted by Gasteiger charge is 2.17. The lowest BCUT2D eigenvalue weighted by molar-refractivity contribution is 0.0784. The van der Waals surface area contributed by atoms with Gasteiger partial charge in [0.25, 0.3) is 5.91 Å². The van der Waals surface area contributed by atoms with Crippen molar-refractivity contribution < 1.29 is 9.18 Å². The molecule has 0 unspecified atom stereocenters. The number of pyridine rings is 2. The molecule has 2 heterocycles.